The highest BCUT2D eigenvalue weighted by Crippen LogP contribution is 2.30. The van der Waals surface area contributed by atoms with Crippen molar-refractivity contribution in [2.75, 3.05) is 18.5 Å². The molecular formula is C16H15F3N4O3. The van der Waals surface area contributed by atoms with Crippen LogP contribution >= 0.6 is 0 Å². The summed E-state index contributed by atoms with van der Waals surface area (Å²) < 4.78 is 47.8. The molecule has 0 saturated carbocycles. The van der Waals surface area contributed by atoms with Crippen molar-refractivity contribution in [3.63, 3.8) is 0 Å². The number of aliphatic hydroxyl groups is 1. The van der Waals surface area contributed by atoms with Crippen molar-refractivity contribution in [3.05, 3.63) is 41.9 Å². The Labute approximate surface area is 145 Å². The number of hydrogen-bond donors (Lipinski definition) is 2. The molecule has 7 nitrogen and oxygen atoms in total. The van der Waals surface area contributed by atoms with Gasteiger partial charge in [0.05, 0.1) is 11.3 Å². The second-order valence-corrected chi connectivity index (χ2v) is 5.54. The number of ether oxygens (including phenoxy) is 1. The number of anilines is 1. The molecular weight excluding hydrogens is 353 g/mol. The number of nitrogens with zero attached hydrogens (tertiary/aromatic N) is 3. The van der Waals surface area contributed by atoms with Crippen molar-refractivity contribution in [3.8, 4) is 5.75 Å². The van der Waals surface area contributed by atoms with E-state index in [1.165, 1.54) is 18.5 Å². The van der Waals surface area contributed by atoms with Crippen LogP contribution in [0.2, 0.25) is 0 Å². The lowest BCUT2D eigenvalue weighted by atomic mass is 10.2. The van der Waals surface area contributed by atoms with Gasteiger partial charge in [0.15, 0.2) is 0 Å². The van der Waals surface area contributed by atoms with Crippen LogP contribution in [0.4, 0.5) is 19.0 Å². The Bertz CT molecular complexity index is 881. The van der Waals surface area contributed by atoms with E-state index in [0.717, 1.165) is 12.1 Å². The van der Waals surface area contributed by atoms with Gasteiger partial charge in [-0.1, -0.05) is 5.16 Å². The number of benzene rings is 1. The zero-order chi connectivity index (χ0) is 18.7. The van der Waals surface area contributed by atoms with Gasteiger partial charge in [-0.15, -0.1) is 0 Å². The Kier molecular flexibility index (Phi) is 4.94. The molecule has 3 aromatic rings. The maximum Gasteiger partial charge on any atom is 0.416 e. The van der Waals surface area contributed by atoms with E-state index >= 15 is 0 Å². The number of aryl methyl sites for hydroxylation is 1. The molecule has 1 atom stereocenters. The number of hydrogen-bond acceptors (Lipinski definition) is 7. The average molecular weight is 368 g/mol. The lowest BCUT2D eigenvalue weighted by Crippen LogP contribution is -2.26. The molecule has 2 heterocycles. The lowest BCUT2D eigenvalue weighted by Gasteiger charge is -2.14. The van der Waals surface area contributed by atoms with Crippen molar-refractivity contribution < 1.29 is 27.5 Å². The summed E-state index contributed by atoms with van der Waals surface area (Å²) >= 11 is 0. The summed E-state index contributed by atoms with van der Waals surface area (Å²) in [5, 5.41) is 17.4. The van der Waals surface area contributed by atoms with Gasteiger partial charge in [-0.05, 0) is 31.2 Å². The largest absolute Gasteiger partial charge is 0.491 e. The van der Waals surface area contributed by atoms with Crippen LogP contribution in [-0.4, -0.2) is 39.5 Å². The van der Waals surface area contributed by atoms with Crippen molar-refractivity contribution in [2.24, 2.45) is 0 Å². The zero-order valence-electron chi connectivity index (χ0n) is 13.6. The smallest absolute Gasteiger partial charge is 0.416 e. The van der Waals surface area contributed by atoms with Gasteiger partial charge in [0.25, 0.3) is 5.71 Å². The first-order valence-corrected chi connectivity index (χ1v) is 7.63. The number of rotatable bonds is 6. The van der Waals surface area contributed by atoms with Crippen LogP contribution < -0.4 is 10.1 Å². The van der Waals surface area contributed by atoms with Gasteiger partial charge in [-0.2, -0.15) is 18.2 Å². The van der Waals surface area contributed by atoms with Gasteiger partial charge in [0.1, 0.15) is 36.0 Å². The fraction of sp³-hybridized carbons (Fsp3) is 0.312. The molecule has 0 saturated heterocycles. The Balaban J connectivity index is 1.54. The fourth-order valence-electron chi connectivity index (χ4n) is 2.26. The molecule has 0 aliphatic carbocycles. The van der Waals surface area contributed by atoms with Crippen LogP contribution in [0.25, 0.3) is 11.1 Å². The zero-order valence-corrected chi connectivity index (χ0v) is 13.6. The molecule has 0 radical (unpaired) electrons. The quantitative estimate of drug-likeness (QED) is 0.691. The van der Waals surface area contributed by atoms with E-state index in [2.05, 4.69) is 20.4 Å². The van der Waals surface area contributed by atoms with E-state index < -0.39 is 17.8 Å². The van der Waals surface area contributed by atoms with Crippen LogP contribution in [-0.2, 0) is 6.18 Å². The van der Waals surface area contributed by atoms with Gasteiger partial charge >= 0.3 is 6.18 Å². The molecule has 26 heavy (non-hydrogen) atoms. The van der Waals surface area contributed by atoms with E-state index in [1.54, 1.807) is 6.92 Å². The lowest BCUT2D eigenvalue weighted by molar-refractivity contribution is -0.137. The molecule has 0 spiro atoms. The second-order valence-electron chi connectivity index (χ2n) is 5.54. The van der Waals surface area contributed by atoms with E-state index in [1.807, 2.05) is 0 Å². The highest BCUT2D eigenvalue weighted by Gasteiger charge is 2.30. The summed E-state index contributed by atoms with van der Waals surface area (Å²) in [6, 6.07) is 4.26. The number of fused-ring (bicyclic) bond motifs is 1. The topological polar surface area (TPSA) is 93.3 Å². The van der Waals surface area contributed by atoms with E-state index in [0.29, 0.717) is 22.6 Å². The summed E-state index contributed by atoms with van der Waals surface area (Å²) in [5.74, 6) is 0.693. The Morgan fingerprint density at radius 2 is 1.96 bits per heavy atom. The Morgan fingerprint density at radius 1 is 1.23 bits per heavy atom. The number of alkyl halides is 3. The molecule has 1 unspecified atom stereocenters. The fourth-order valence-corrected chi connectivity index (χ4v) is 2.26. The highest BCUT2D eigenvalue weighted by molar-refractivity contribution is 5.87. The van der Waals surface area contributed by atoms with Crippen LogP contribution in [0.5, 0.6) is 5.75 Å². The molecule has 0 aliphatic heterocycles. The molecule has 3 rings (SSSR count). The van der Waals surface area contributed by atoms with Crippen LogP contribution in [0, 0.1) is 6.92 Å². The number of aromatic nitrogens is 3. The molecule has 0 aliphatic rings. The maximum atomic E-state index is 12.5. The first kappa shape index (κ1) is 17.9. The SMILES string of the molecule is Cc1noc2ncnc(NCC(O)COc3ccc(C(F)(F)F)cc3)c12. The molecule has 2 aromatic heterocycles. The van der Waals surface area contributed by atoms with Crippen molar-refractivity contribution >= 4 is 16.9 Å². The maximum absolute atomic E-state index is 12.5. The molecule has 138 valence electrons. The summed E-state index contributed by atoms with van der Waals surface area (Å²) in [6.07, 6.45) is -4.01. The first-order chi connectivity index (χ1) is 12.3. The van der Waals surface area contributed by atoms with E-state index in [9.17, 15) is 18.3 Å². The Morgan fingerprint density at radius 3 is 2.65 bits per heavy atom. The monoisotopic (exact) mass is 368 g/mol. The minimum atomic E-state index is -4.40. The molecule has 10 heteroatoms. The minimum Gasteiger partial charge on any atom is -0.491 e. The standard InChI is InChI=1S/C16H15F3N4O3/c1-9-13-14(21-8-22-15(13)26-23-9)20-6-11(24)7-25-12-4-2-10(3-5-12)16(17,18)19/h2-5,8,11,24H,6-7H2,1H3,(H,20,21,22). The van der Waals surface area contributed by atoms with Crippen LogP contribution in [0.3, 0.4) is 0 Å². The predicted octanol–water partition coefficient (Wildman–Crippen LogP) is 2.80. The third-order valence-electron chi connectivity index (χ3n) is 3.57. The molecule has 2 N–H and O–H groups in total. The van der Waals surface area contributed by atoms with Gasteiger partial charge in [-0.3, -0.25) is 0 Å². The van der Waals surface area contributed by atoms with Crippen molar-refractivity contribution in [1.82, 2.24) is 15.1 Å². The average Bonchev–Trinajstić information content (AvgIpc) is 2.99. The summed E-state index contributed by atoms with van der Waals surface area (Å²) in [4.78, 5) is 8.02. The highest BCUT2D eigenvalue weighted by atomic mass is 19.4. The second kappa shape index (κ2) is 7.16. The van der Waals surface area contributed by atoms with Crippen LogP contribution in [0.15, 0.2) is 35.1 Å². The van der Waals surface area contributed by atoms with Crippen molar-refractivity contribution in [1.29, 1.82) is 0 Å². The first-order valence-electron chi connectivity index (χ1n) is 7.63. The third kappa shape index (κ3) is 4.02. The van der Waals surface area contributed by atoms with Crippen LogP contribution in [0.1, 0.15) is 11.3 Å². The van der Waals surface area contributed by atoms with E-state index in [-0.39, 0.29) is 18.9 Å². The molecule has 0 amide bonds. The number of nitrogens with one attached hydrogen (secondary N) is 1. The predicted molar refractivity (Wildman–Crippen MR) is 85.8 cm³/mol. The normalized spacial score (nSPS) is 13.0. The summed E-state index contributed by atoms with van der Waals surface area (Å²) in [6.45, 7) is 1.75. The van der Waals surface area contributed by atoms with Gasteiger partial charge < -0.3 is 19.7 Å². The Hall–Kier alpha value is -2.88. The third-order valence-corrected chi connectivity index (χ3v) is 3.57. The van der Waals surface area contributed by atoms with Crippen molar-refractivity contribution in [2.45, 2.75) is 19.2 Å². The van der Waals surface area contributed by atoms with Gasteiger partial charge in [0, 0.05) is 6.54 Å². The number of aliphatic hydroxyl groups excluding tert-OH is 1. The molecule has 1 aromatic carbocycles. The molecule has 0 bridgehead atoms. The van der Waals surface area contributed by atoms with Gasteiger partial charge in [0.2, 0.25) is 0 Å². The molecule has 0 fully saturated rings. The minimum absolute atomic E-state index is 0.102. The van der Waals surface area contributed by atoms with E-state index in [4.69, 9.17) is 9.26 Å². The van der Waals surface area contributed by atoms with Gasteiger partial charge in [-0.25, -0.2) is 4.98 Å². The summed E-state index contributed by atoms with van der Waals surface area (Å²) in [7, 11) is 0. The summed E-state index contributed by atoms with van der Waals surface area (Å²) in [5.41, 5.74) is 0.179. The number of halogens is 3.